The number of rotatable bonds is 24. The largest absolute Gasteiger partial charge is 0.412 e. The summed E-state index contributed by atoms with van der Waals surface area (Å²) in [4.78, 5) is 36.9. The number of thiazole rings is 1. The van der Waals surface area contributed by atoms with Crippen molar-refractivity contribution in [3.8, 4) is 0 Å². The molecule has 12 heteroatoms. The van der Waals surface area contributed by atoms with Gasteiger partial charge in [-0.2, -0.15) is 0 Å². The molecule has 1 aromatic rings. The smallest absolute Gasteiger partial charge is 0.248 e. The molecule has 0 unspecified atom stereocenters. The molecule has 1 heterocycles. The van der Waals surface area contributed by atoms with Crippen LogP contribution in [0.2, 0.25) is 43.8 Å². The van der Waals surface area contributed by atoms with Crippen LogP contribution in [0.1, 0.15) is 105 Å². The van der Waals surface area contributed by atoms with Crippen LogP contribution in [0.3, 0.4) is 0 Å². The quantitative estimate of drug-likeness (QED) is 0.0362. The number of nitrogens with zero attached hydrogens (tertiary/aromatic N) is 2. The fourth-order valence-corrected chi connectivity index (χ4v) is 8.54. The zero-order valence-electron chi connectivity index (χ0n) is 36.5. The van der Waals surface area contributed by atoms with E-state index in [-0.39, 0.29) is 42.0 Å². The Morgan fingerprint density at radius 1 is 1.08 bits per heavy atom. The minimum Gasteiger partial charge on any atom is -0.412 e. The van der Waals surface area contributed by atoms with Crippen molar-refractivity contribution in [3.05, 3.63) is 33.3 Å². The average molecular weight is 797 g/mol. The number of allylic oxidation sites excluding steroid dienone is 1. The van der Waals surface area contributed by atoms with Gasteiger partial charge in [0.05, 0.1) is 42.5 Å². The van der Waals surface area contributed by atoms with Gasteiger partial charge in [0.25, 0.3) is 0 Å². The Bertz CT molecular complexity index is 1350. The molecule has 1 rings (SSSR count). The van der Waals surface area contributed by atoms with Gasteiger partial charge >= 0.3 is 0 Å². The Kier molecular flexibility index (Phi) is 20.3. The van der Waals surface area contributed by atoms with Gasteiger partial charge in [-0.05, 0) is 88.2 Å². The van der Waals surface area contributed by atoms with Crippen molar-refractivity contribution >= 4 is 45.5 Å². The van der Waals surface area contributed by atoms with Gasteiger partial charge in [0.15, 0.2) is 8.32 Å². The normalized spacial score (nSPS) is 16.6. The second-order valence-electron chi connectivity index (χ2n) is 18.3. The van der Waals surface area contributed by atoms with E-state index in [0.717, 1.165) is 48.0 Å². The minimum atomic E-state index is -2.35. The molecule has 0 radical (unpaired) electrons. The number of ketones is 1. The number of aliphatic hydroxyl groups is 1. The predicted octanol–water partition coefficient (Wildman–Crippen LogP) is 10.1. The molecule has 5 atom stereocenters. The Labute approximate surface area is 329 Å². The summed E-state index contributed by atoms with van der Waals surface area (Å²) in [5, 5.41) is 15.6. The van der Waals surface area contributed by atoms with Crippen LogP contribution in [0.5, 0.6) is 0 Å². The van der Waals surface area contributed by atoms with E-state index in [1.54, 1.807) is 25.3 Å². The van der Waals surface area contributed by atoms with Gasteiger partial charge in [0, 0.05) is 38.4 Å². The number of hydrogen-bond acceptors (Lipinski definition) is 9. The molecule has 0 bridgehead atoms. The van der Waals surface area contributed by atoms with Crippen LogP contribution in [-0.4, -0.2) is 89.1 Å². The van der Waals surface area contributed by atoms with Crippen molar-refractivity contribution in [2.75, 3.05) is 27.6 Å². The number of ether oxygens (including phenoxy) is 2. The first-order chi connectivity index (χ1) is 24.2. The third kappa shape index (κ3) is 17.0. The fraction of sp³-hybridized carbons (Fsp3) is 0.780. The topological polar surface area (TPSA) is 107 Å². The molecule has 1 N–H and O–H groups in total. The number of aromatic nitrogens is 1. The predicted molar refractivity (Wildman–Crippen MR) is 226 cm³/mol. The lowest BCUT2D eigenvalue weighted by Gasteiger charge is -2.44. The number of aliphatic hydroxyl groups excluding tert-OH is 1. The van der Waals surface area contributed by atoms with Gasteiger partial charge in [0.1, 0.15) is 12.6 Å². The Balaban J connectivity index is 2.95. The molecule has 0 spiro atoms. The molecule has 0 aliphatic carbocycles. The van der Waals surface area contributed by atoms with Crippen LogP contribution >= 0.6 is 11.3 Å². The minimum absolute atomic E-state index is 0.0109. The highest BCUT2D eigenvalue weighted by atomic mass is 32.1. The highest BCUT2D eigenvalue weighted by molar-refractivity contribution is 7.09. The first kappa shape index (κ1) is 49.5. The summed E-state index contributed by atoms with van der Waals surface area (Å²) in [7, 11) is -0.522. The number of carbonyl (C=O) groups is 2. The highest BCUT2D eigenvalue weighted by Crippen LogP contribution is 2.42. The standard InChI is InChI=1S/C41H76N2O7SSi2/c1-29(21-22-35(49-28-48-23-24-52(13,14)15)31(3)25-34-27-51-33(5)42-34)19-18-20-30(2)38(45)32(4)39(46)41(9,10)36(26-37(44)43(11)47-12)50-53(16,17)40(6,7)8/h21,25,27,30,32,35-36,38,45H,18-20,22-24,26,28H2,1-17H3/b29-21-,31-25+/t30-,32+,35-,36-,38+/m0/s1. The van der Waals surface area contributed by atoms with E-state index in [1.807, 2.05) is 27.7 Å². The maximum Gasteiger partial charge on any atom is 0.248 e. The van der Waals surface area contributed by atoms with Crippen molar-refractivity contribution in [1.29, 1.82) is 0 Å². The van der Waals surface area contributed by atoms with E-state index < -0.39 is 39.9 Å². The van der Waals surface area contributed by atoms with Gasteiger partial charge in [-0.3, -0.25) is 14.4 Å². The monoisotopic (exact) mass is 796 g/mol. The van der Waals surface area contributed by atoms with Gasteiger partial charge in [0.2, 0.25) is 5.91 Å². The number of hydroxylamine groups is 2. The molecule has 0 saturated carbocycles. The van der Waals surface area contributed by atoms with Gasteiger partial charge in [-0.15, -0.1) is 11.3 Å². The molecular formula is C41H76N2O7SSi2. The molecule has 0 saturated heterocycles. The third-order valence-electron chi connectivity index (χ3n) is 11.0. The summed E-state index contributed by atoms with van der Waals surface area (Å²) in [6, 6.07) is 1.10. The maximum absolute atomic E-state index is 14.1. The van der Waals surface area contributed by atoms with Crippen LogP contribution in [0.4, 0.5) is 0 Å². The molecule has 0 aliphatic rings. The summed E-state index contributed by atoms with van der Waals surface area (Å²) in [6.07, 6.45) is 6.04. The van der Waals surface area contributed by atoms with Gasteiger partial charge in [-0.1, -0.05) is 79.8 Å². The van der Waals surface area contributed by atoms with Crippen molar-refractivity contribution in [3.63, 3.8) is 0 Å². The van der Waals surface area contributed by atoms with Gasteiger partial charge < -0.3 is 19.0 Å². The Hall–Kier alpha value is -1.52. The van der Waals surface area contributed by atoms with E-state index >= 15 is 0 Å². The van der Waals surface area contributed by atoms with Crippen LogP contribution in [0.25, 0.3) is 6.08 Å². The highest BCUT2D eigenvalue weighted by Gasteiger charge is 2.48. The first-order valence-electron chi connectivity index (χ1n) is 19.4. The van der Waals surface area contributed by atoms with E-state index in [2.05, 4.69) is 89.9 Å². The van der Waals surface area contributed by atoms with Crippen LogP contribution in [0, 0.1) is 24.2 Å². The van der Waals surface area contributed by atoms with E-state index in [1.165, 1.54) is 17.7 Å². The summed E-state index contributed by atoms with van der Waals surface area (Å²) >= 11 is 1.64. The van der Waals surface area contributed by atoms with Crippen molar-refractivity contribution < 1.29 is 33.4 Å². The number of hydrogen-bond donors (Lipinski definition) is 1. The third-order valence-corrected chi connectivity index (χ3v) is 17.9. The van der Waals surface area contributed by atoms with Crippen LogP contribution < -0.4 is 0 Å². The molecule has 1 amide bonds. The molecule has 0 fully saturated rings. The van der Waals surface area contributed by atoms with Crippen LogP contribution in [0.15, 0.2) is 22.6 Å². The first-order valence-corrected chi connectivity index (χ1v) is 26.9. The lowest BCUT2D eigenvalue weighted by atomic mass is 9.73. The lowest BCUT2D eigenvalue weighted by molar-refractivity contribution is -0.172. The second kappa shape index (κ2) is 21.7. The van der Waals surface area contributed by atoms with E-state index in [4.69, 9.17) is 18.7 Å². The molecule has 306 valence electrons. The maximum atomic E-state index is 14.1. The van der Waals surface area contributed by atoms with Crippen molar-refractivity contribution in [1.82, 2.24) is 10.0 Å². The molecule has 1 aromatic heterocycles. The average Bonchev–Trinajstić information content (AvgIpc) is 3.46. The van der Waals surface area contributed by atoms with E-state index in [0.29, 0.717) is 6.61 Å². The molecule has 0 aliphatic heterocycles. The zero-order valence-corrected chi connectivity index (χ0v) is 39.3. The molecule has 9 nitrogen and oxygen atoms in total. The fourth-order valence-electron chi connectivity index (χ4n) is 5.77. The number of aryl methyl sites for hydroxylation is 1. The zero-order chi connectivity index (χ0) is 40.9. The second-order valence-corrected chi connectivity index (χ2v) is 29.8. The Morgan fingerprint density at radius 2 is 1.70 bits per heavy atom. The van der Waals surface area contributed by atoms with Gasteiger partial charge in [-0.25, -0.2) is 10.0 Å². The lowest BCUT2D eigenvalue weighted by Crippen LogP contribution is -2.53. The van der Waals surface area contributed by atoms with Crippen LogP contribution in [-0.2, 0) is 28.3 Å². The van der Waals surface area contributed by atoms with Crippen molar-refractivity contribution in [2.45, 2.75) is 163 Å². The SMILES string of the molecule is CON(C)C(=O)C[C@H](O[Si](C)(C)C(C)(C)C)C(C)(C)C(=O)[C@H](C)[C@H](O)[C@@H](C)CCC/C(C)=C\C[C@H](OCOCC[Si](C)(C)C)/C(C)=C/c1csc(C)n1. The molecule has 0 aromatic carbocycles. The summed E-state index contributed by atoms with van der Waals surface area (Å²) in [5.74, 6) is -1.07. The molecule has 53 heavy (non-hydrogen) atoms. The van der Waals surface area contributed by atoms with E-state index in [9.17, 15) is 14.7 Å². The molecular weight excluding hydrogens is 721 g/mol. The number of carbonyl (C=O) groups excluding carboxylic acids is 2. The summed E-state index contributed by atoms with van der Waals surface area (Å²) < 4.78 is 18.9. The summed E-state index contributed by atoms with van der Waals surface area (Å²) in [5.41, 5.74) is 2.31. The summed E-state index contributed by atoms with van der Waals surface area (Å²) in [6.45, 7) is 32.4. The number of Topliss-reactive ketones (excluding diaryl/α,β-unsaturated/α-hetero) is 1. The van der Waals surface area contributed by atoms with Crippen molar-refractivity contribution in [2.24, 2.45) is 17.3 Å². The Morgan fingerprint density at radius 3 is 2.23 bits per heavy atom. The number of amides is 1.